The fourth-order valence-corrected chi connectivity index (χ4v) is 2.32. The zero-order valence-electron chi connectivity index (χ0n) is 14.5. The molecule has 126 valence electrons. The number of hydrogen-bond acceptors (Lipinski definition) is 2. The number of hydrogen-bond donors (Lipinski definition) is 2. The Kier molecular flexibility index (Phi) is 9.62. The molecule has 2 aromatic carbocycles. The molecule has 0 saturated carbocycles. The van der Waals surface area contributed by atoms with E-state index in [1.807, 2.05) is 31.2 Å². The molecule has 0 fully saturated rings. The molecule has 2 nitrogen and oxygen atoms in total. The van der Waals surface area contributed by atoms with Gasteiger partial charge in [0.05, 0.1) is 0 Å². The molecule has 2 rings (SSSR count). The average molecular weight is 314 g/mol. The van der Waals surface area contributed by atoms with E-state index in [2.05, 4.69) is 6.92 Å². The molecular formula is C21H30O2. The standard InChI is InChI=1S/C14H22O.C7H8O/c1-2-3-4-5-6-7-8-13-9-11-14(15)12-10-13;1-6-2-4-7(8)5-3-6/h9-12,15H,2-8H2,1H3;2-5,8H,1H3. The van der Waals surface area contributed by atoms with Crippen LogP contribution in [0, 0.1) is 6.92 Å². The van der Waals surface area contributed by atoms with Crippen LogP contribution in [0.3, 0.4) is 0 Å². The van der Waals surface area contributed by atoms with Crippen molar-refractivity contribution in [1.82, 2.24) is 0 Å². The molecule has 0 unspecified atom stereocenters. The molecule has 2 N–H and O–H groups in total. The van der Waals surface area contributed by atoms with Crippen molar-refractivity contribution < 1.29 is 10.2 Å². The molecule has 0 spiro atoms. The second-order valence-corrected chi connectivity index (χ2v) is 6.02. The average Bonchev–Trinajstić information content (AvgIpc) is 2.56. The molecule has 0 heterocycles. The lowest BCUT2D eigenvalue weighted by Crippen LogP contribution is -1.85. The van der Waals surface area contributed by atoms with E-state index >= 15 is 0 Å². The highest BCUT2D eigenvalue weighted by Gasteiger charge is 1.94. The van der Waals surface area contributed by atoms with E-state index in [1.54, 1.807) is 24.3 Å². The van der Waals surface area contributed by atoms with Crippen molar-refractivity contribution in [3.8, 4) is 11.5 Å². The van der Waals surface area contributed by atoms with Crippen molar-refractivity contribution in [2.45, 2.75) is 58.8 Å². The topological polar surface area (TPSA) is 40.5 Å². The lowest BCUT2D eigenvalue weighted by atomic mass is 10.1. The summed E-state index contributed by atoms with van der Waals surface area (Å²) in [5.74, 6) is 0.692. The third-order valence-corrected chi connectivity index (χ3v) is 3.79. The van der Waals surface area contributed by atoms with E-state index in [0.717, 1.165) is 6.42 Å². The highest BCUT2D eigenvalue weighted by Crippen LogP contribution is 2.13. The maximum absolute atomic E-state index is 9.13. The number of benzene rings is 2. The third kappa shape index (κ3) is 9.62. The molecule has 2 aromatic rings. The van der Waals surface area contributed by atoms with Crippen LogP contribution in [0.2, 0.25) is 0 Å². The first-order valence-corrected chi connectivity index (χ1v) is 8.65. The van der Waals surface area contributed by atoms with Gasteiger partial charge < -0.3 is 10.2 Å². The van der Waals surface area contributed by atoms with Crippen molar-refractivity contribution >= 4 is 0 Å². The van der Waals surface area contributed by atoms with Crippen molar-refractivity contribution in [1.29, 1.82) is 0 Å². The molecule has 0 amide bonds. The Morgan fingerprint density at radius 2 is 1.13 bits per heavy atom. The lowest BCUT2D eigenvalue weighted by molar-refractivity contribution is 0.474. The van der Waals surface area contributed by atoms with Crippen LogP contribution >= 0.6 is 0 Å². The van der Waals surface area contributed by atoms with Gasteiger partial charge in [0.2, 0.25) is 0 Å². The summed E-state index contributed by atoms with van der Waals surface area (Å²) in [5.41, 5.74) is 2.51. The van der Waals surface area contributed by atoms with Crippen LogP contribution in [0.15, 0.2) is 48.5 Å². The third-order valence-electron chi connectivity index (χ3n) is 3.79. The molecule has 0 aliphatic rings. The van der Waals surface area contributed by atoms with Gasteiger partial charge in [0.25, 0.3) is 0 Å². The van der Waals surface area contributed by atoms with Gasteiger partial charge in [-0.25, -0.2) is 0 Å². The van der Waals surface area contributed by atoms with Crippen LogP contribution in [-0.2, 0) is 6.42 Å². The molecule has 0 aliphatic heterocycles. The van der Waals surface area contributed by atoms with E-state index in [1.165, 1.54) is 49.7 Å². The highest BCUT2D eigenvalue weighted by molar-refractivity contribution is 5.26. The fraction of sp³-hybridized carbons (Fsp3) is 0.429. The van der Waals surface area contributed by atoms with Crippen LogP contribution in [-0.4, -0.2) is 10.2 Å². The molecular weight excluding hydrogens is 284 g/mol. The summed E-state index contributed by atoms with van der Waals surface area (Å²) < 4.78 is 0. The van der Waals surface area contributed by atoms with Crippen LogP contribution in [0.25, 0.3) is 0 Å². The van der Waals surface area contributed by atoms with Gasteiger partial charge in [0, 0.05) is 0 Å². The van der Waals surface area contributed by atoms with Gasteiger partial charge in [0.15, 0.2) is 0 Å². The van der Waals surface area contributed by atoms with Crippen molar-refractivity contribution in [2.24, 2.45) is 0 Å². The SMILES string of the molecule is CCCCCCCCc1ccc(O)cc1.Cc1ccc(O)cc1. The summed E-state index contributed by atoms with van der Waals surface area (Å²) >= 11 is 0. The molecule has 23 heavy (non-hydrogen) atoms. The second kappa shape index (κ2) is 11.6. The van der Waals surface area contributed by atoms with E-state index in [-0.39, 0.29) is 0 Å². The molecule has 0 aromatic heterocycles. The van der Waals surface area contributed by atoms with Crippen LogP contribution in [0.1, 0.15) is 56.6 Å². The van der Waals surface area contributed by atoms with Gasteiger partial charge in [0.1, 0.15) is 11.5 Å². The highest BCUT2D eigenvalue weighted by atomic mass is 16.3. The van der Waals surface area contributed by atoms with E-state index in [0.29, 0.717) is 11.5 Å². The second-order valence-electron chi connectivity index (χ2n) is 6.02. The van der Waals surface area contributed by atoms with Gasteiger partial charge in [-0.3, -0.25) is 0 Å². The Labute approximate surface area is 140 Å². The van der Waals surface area contributed by atoms with Crippen LogP contribution in [0.4, 0.5) is 0 Å². The van der Waals surface area contributed by atoms with Crippen LogP contribution < -0.4 is 0 Å². The fourth-order valence-electron chi connectivity index (χ4n) is 2.32. The first-order chi connectivity index (χ1) is 11.1. The van der Waals surface area contributed by atoms with Gasteiger partial charge in [-0.05, 0) is 49.6 Å². The van der Waals surface area contributed by atoms with E-state index in [9.17, 15) is 0 Å². The van der Waals surface area contributed by atoms with Gasteiger partial charge >= 0.3 is 0 Å². The zero-order valence-corrected chi connectivity index (χ0v) is 14.5. The predicted molar refractivity (Wildman–Crippen MR) is 98.0 cm³/mol. The monoisotopic (exact) mass is 314 g/mol. The molecule has 0 radical (unpaired) electrons. The molecule has 0 saturated heterocycles. The minimum absolute atomic E-state index is 0.329. The summed E-state index contributed by atoms with van der Waals surface area (Å²) in [4.78, 5) is 0. The van der Waals surface area contributed by atoms with Crippen molar-refractivity contribution in [3.63, 3.8) is 0 Å². The lowest BCUT2D eigenvalue weighted by Gasteiger charge is -2.02. The normalized spacial score (nSPS) is 10.0. The predicted octanol–water partition coefficient (Wildman–Crippen LogP) is 6.00. The minimum Gasteiger partial charge on any atom is -0.508 e. The Morgan fingerprint density at radius 1 is 0.652 bits per heavy atom. The smallest absolute Gasteiger partial charge is 0.115 e. The number of rotatable bonds is 7. The Morgan fingerprint density at radius 3 is 1.65 bits per heavy atom. The van der Waals surface area contributed by atoms with E-state index in [4.69, 9.17) is 10.2 Å². The van der Waals surface area contributed by atoms with Gasteiger partial charge in [-0.2, -0.15) is 0 Å². The summed E-state index contributed by atoms with van der Waals surface area (Å²) in [6.07, 6.45) is 9.19. The first kappa shape index (κ1) is 19.1. The quantitative estimate of drug-likeness (QED) is 0.616. The summed E-state index contributed by atoms with van der Waals surface area (Å²) in [6.45, 7) is 4.23. The first-order valence-electron chi connectivity index (χ1n) is 8.65. The number of phenolic OH excluding ortho intramolecular Hbond substituents is 2. The maximum Gasteiger partial charge on any atom is 0.115 e. The Hall–Kier alpha value is -1.96. The van der Waals surface area contributed by atoms with Gasteiger partial charge in [-0.1, -0.05) is 68.9 Å². The largest absolute Gasteiger partial charge is 0.508 e. The van der Waals surface area contributed by atoms with Gasteiger partial charge in [-0.15, -0.1) is 0 Å². The summed E-state index contributed by atoms with van der Waals surface area (Å²) in [6, 6.07) is 14.7. The number of aromatic hydroxyl groups is 2. The maximum atomic E-state index is 9.13. The van der Waals surface area contributed by atoms with Crippen molar-refractivity contribution in [2.75, 3.05) is 0 Å². The van der Waals surface area contributed by atoms with Crippen LogP contribution in [0.5, 0.6) is 11.5 Å². The number of unbranched alkanes of at least 4 members (excludes halogenated alkanes) is 5. The molecule has 0 aliphatic carbocycles. The van der Waals surface area contributed by atoms with E-state index < -0.39 is 0 Å². The molecule has 2 heteroatoms. The van der Waals surface area contributed by atoms with Crippen molar-refractivity contribution in [3.05, 3.63) is 59.7 Å². The summed E-state index contributed by atoms with van der Waals surface area (Å²) in [7, 11) is 0. The minimum atomic E-state index is 0.329. The summed E-state index contributed by atoms with van der Waals surface area (Å²) in [5, 5.41) is 17.9. The number of phenols is 2. The Bertz CT molecular complexity index is 494. The zero-order chi connectivity index (χ0) is 16.9. The number of aryl methyl sites for hydroxylation is 2. The Balaban J connectivity index is 0.000000277. The molecule has 0 atom stereocenters. The molecule has 0 bridgehead atoms.